The van der Waals surface area contributed by atoms with E-state index in [-0.39, 0.29) is 29.1 Å². The van der Waals surface area contributed by atoms with Crippen LogP contribution >= 0.6 is 0 Å². The third-order valence-corrected chi connectivity index (χ3v) is 3.82. The molecule has 0 aliphatic rings. The molecule has 0 saturated heterocycles. The van der Waals surface area contributed by atoms with E-state index in [1.807, 2.05) is 33.8 Å². The molecular formula is C22H28O4. The number of benzene rings is 1. The lowest BCUT2D eigenvalue weighted by Gasteiger charge is -2.23. The van der Waals surface area contributed by atoms with Gasteiger partial charge in [0.15, 0.2) is 0 Å². The molecule has 1 aromatic carbocycles. The highest BCUT2D eigenvalue weighted by molar-refractivity contribution is 5.90. The van der Waals surface area contributed by atoms with E-state index in [1.54, 1.807) is 13.0 Å². The molecule has 0 amide bonds. The summed E-state index contributed by atoms with van der Waals surface area (Å²) in [6, 6.07) is 3.60. The fourth-order valence-electron chi connectivity index (χ4n) is 2.27. The maximum absolute atomic E-state index is 12.0. The molecule has 140 valence electrons. The molecule has 0 spiro atoms. The van der Waals surface area contributed by atoms with E-state index >= 15 is 0 Å². The van der Waals surface area contributed by atoms with Crippen LogP contribution in [0.4, 0.5) is 0 Å². The third-order valence-electron chi connectivity index (χ3n) is 3.82. The standard InChI is InChI=1S/C22H28O4/c1-8-17(23)10-9-15(4)21(25)26-13-16-11-18(14(2)3)20(24)19(12-16)22(5,6)7/h8-12,23-24H,2,4,13H2,1,3,5-7H3/b10-9-,17-8+. The predicted octanol–water partition coefficient (Wildman–Crippen LogP) is 5.34. The number of phenolic OH excluding ortho intramolecular Hbond substituents is 1. The number of allylic oxidation sites excluding steroid dienone is 3. The number of aliphatic hydroxyl groups is 1. The largest absolute Gasteiger partial charge is 0.508 e. The van der Waals surface area contributed by atoms with Crippen molar-refractivity contribution in [1.29, 1.82) is 0 Å². The minimum absolute atomic E-state index is 0.0402. The van der Waals surface area contributed by atoms with Crippen molar-refractivity contribution in [2.45, 2.75) is 46.6 Å². The van der Waals surface area contributed by atoms with Gasteiger partial charge in [0.25, 0.3) is 0 Å². The van der Waals surface area contributed by atoms with Gasteiger partial charge in [0.2, 0.25) is 0 Å². The maximum Gasteiger partial charge on any atom is 0.337 e. The van der Waals surface area contributed by atoms with Gasteiger partial charge in [0.05, 0.1) is 5.57 Å². The van der Waals surface area contributed by atoms with Gasteiger partial charge in [-0.1, -0.05) is 33.9 Å². The first-order valence-electron chi connectivity index (χ1n) is 8.39. The second-order valence-electron chi connectivity index (χ2n) is 7.22. The van der Waals surface area contributed by atoms with Crippen molar-refractivity contribution in [1.82, 2.24) is 0 Å². The van der Waals surface area contributed by atoms with Crippen molar-refractivity contribution >= 4 is 11.5 Å². The SMILES string of the molecule is C=C(/C=C\C(O)=C/C)C(=O)OCc1cc(C(=C)C)c(O)c(C(C)(C)C)c1. The van der Waals surface area contributed by atoms with Crippen LogP contribution in [-0.2, 0) is 21.6 Å². The lowest BCUT2D eigenvalue weighted by molar-refractivity contribution is -0.139. The third kappa shape index (κ3) is 5.66. The molecule has 0 atom stereocenters. The van der Waals surface area contributed by atoms with Crippen molar-refractivity contribution in [3.8, 4) is 5.75 Å². The van der Waals surface area contributed by atoms with Gasteiger partial charge in [-0.25, -0.2) is 4.79 Å². The second kappa shape index (κ2) is 8.56. The Kier molecular flexibility index (Phi) is 7.01. The predicted molar refractivity (Wildman–Crippen MR) is 106 cm³/mol. The van der Waals surface area contributed by atoms with Crippen LogP contribution in [0, 0.1) is 0 Å². The van der Waals surface area contributed by atoms with Gasteiger partial charge in [-0.15, -0.1) is 0 Å². The molecule has 1 rings (SSSR count). The Bertz CT molecular complexity index is 774. The van der Waals surface area contributed by atoms with Crippen LogP contribution in [0.5, 0.6) is 5.75 Å². The van der Waals surface area contributed by atoms with Crippen LogP contribution in [0.1, 0.15) is 51.3 Å². The number of aromatic hydroxyl groups is 1. The molecule has 4 nitrogen and oxygen atoms in total. The molecule has 0 bridgehead atoms. The average molecular weight is 356 g/mol. The first-order valence-corrected chi connectivity index (χ1v) is 8.39. The maximum atomic E-state index is 12.0. The zero-order chi connectivity index (χ0) is 20.1. The Hall–Kier alpha value is -2.75. The second-order valence-corrected chi connectivity index (χ2v) is 7.22. The van der Waals surface area contributed by atoms with Gasteiger partial charge >= 0.3 is 5.97 Å². The molecule has 0 aromatic heterocycles. The number of phenols is 1. The van der Waals surface area contributed by atoms with E-state index < -0.39 is 5.97 Å². The van der Waals surface area contributed by atoms with Gasteiger partial charge in [-0.05, 0) is 60.8 Å². The summed E-state index contributed by atoms with van der Waals surface area (Å²) >= 11 is 0. The van der Waals surface area contributed by atoms with Crippen molar-refractivity contribution in [2.75, 3.05) is 0 Å². The normalized spacial score (nSPS) is 12.3. The van der Waals surface area contributed by atoms with Crippen LogP contribution in [-0.4, -0.2) is 16.2 Å². The summed E-state index contributed by atoms with van der Waals surface area (Å²) in [6.45, 7) is 17.1. The number of hydrogen-bond acceptors (Lipinski definition) is 4. The van der Waals surface area contributed by atoms with Crippen molar-refractivity contribution in [3.63, 3.8) is 0 Å². The number of aliphatic hydroxyl groups excluding tert-OH is 1. The first kappa shape index (κ1) is 21.3. The van der Waals surface area contributed by atoms with Crippen LogP contribution in [0.15, 0.2) is 54.9 Å². The number of hydrogen-bond donors (Lipinski definition) is 2. The van der Waals surface area contributed by atoms with E-state index in [2.05, 4.69) is 13.2 Å². The summed E-state index contributed by atoms with van der Waals surface area (Å²) < 4.78 is 5.30. The van der Waals surface area contributed by atoms with E-state index in [9.17, 15) is 15.0 Å². The molecule has 0 aliphatic heterocycles. The Morgan fingerprint density at radius 1 is 1.23 bits per heavy atom. The van der Waals surface area contributed by atoms with Crippen LogP contribution in [0.2, 0.25) is 0 Å². The molecule has 0 radical (unpaired) electrons. The zero-order valence-corrected chi connectivity index (χ0v) is 16.2. The average Bonchev–Trinajstić information content (AvgIpc) is 2.56. The van der Waals surface area contributed by atoms with Crippen molar-refractivity contribution in [3.05, 3.63) is 71.5 Å². The molecule has 0 aliphatic carbocycles. The quantitative estimate of drug-likeness (QED) is 0.312. The van der Waals surface area contributed by atoms with Crippen LogP contribution in [0.25, 0.3) is 5.57 Å². The van der Waals surface area contributed by atoms with Crippen LogP contribution in [0.3, 0.4) is 0 Å². The number of carbonyl (C=O) groups excluding carboxylic acids is 1. The van der Waals surface area contributed by atoms with Gasteiger partial charge < -0.3 is 14.9 Å². The molecular weight excluding hydrogens is 328 g/mol. The Morgan fingerprint density at radius 2 is 1.85 bits per heavy atom. The highest BCUT2D eigenvalue weighted by atomic mass is 16.5. The number of esters is 1. The summed E-state index contributed by atoms with van der Waals surface area (Å²) in [5.41, 5.74) is 2.75. The smallest absolute Gasteiger partial charge is 0.337 e. The monoisotopic (exact) mass is 356 g/mol. The highest BCUT2D eigenvalue weighted by Crippen LogP contribution is 2.37. The highest BCUT2D eigenvalue weighted by Gasteiger charge is 2.22. The molecule has 26 heavy (non-hydrogen) atoms. The van der Waals surface area contributed by atoms with E-state index in [4.69, 9.17) is 4.74 Å². The van der Waals surface area contributed by atoms with Crippen molar-refractivity contribution in [2.24, 2.45) is 0 Å². The Balaban J connectivity index is 3.02. The minimum atomic E-state index is -0.576. The number of rotatable bonds is 6. The summed E-state index contributed by atoms with van der Waals surface area (Å²) in [6.07, 6.45) is 4.27. The summed E-state index contributed by atoms with van der Waals surface area (Å²) in [4.78, 5) is 12.0. The summed E-state index contributed by atoms with van der Waals surface area (Å²) in [5.74, 6) is -0.333. The van der Waals surface area contributed by atoms with Crippen LogP contribution < -0.4 is 0 Å². The van der Waals surface area contributed by atoms with Gasteiger partial charge in [0, 0.05) is 11.1 Å². The lowest BCUT2D eigenvalue weighted by Crippen LogP contribution is -2.13. The molecule has 0 heterocycles. The molecule has 4 heteroatoms. The molecule has 1 aromatic rings. The summed E-state index contributed by atoms with van der Waals surface area (Å²) in [5, 5.41) is 19.9. The minimum Gasteiger partial charge on any atom is -0.508 e. The number of ether oxygens (including phenoxy) is 1. The topological polar surface area (TPSA) is 66.8 Å². The van der Waals surface area contributed by atoms with Crippen molar-refractivity contribution < 1.29 is 19.7 Å². The zero-order valence-electron chi connectivity index (χ0n) is 16.2. The first-order chi connectivity index (χ1) is 12.0. The Morgan fingerprint density at radius 3 is 2.35 bits per heavy atom. The molecule has 0 unspecified atom stereocenters. The number of carbonyl (C=O) groups is 1. The van der Waals surface area contributed by atoms with E-state index in [0.717, 1.165) is 16.7 Å². The fourth-order valence-corrected chi connectivity index (χ4v) is 2.27. The summed E-state index contributed by atoms with van der Waals surface area (Å²) in [7, 11) is 0. The van der Waals surface area contributed by atoms with Gasteiger partial charge in [-0.3, -0.25) is 0 Å². The molecule has 0 saturated carbocycles. The lowest BCUT2D eigenvalue weighted by atomic mass is 9.83. The van der Waals surface area contributed by atoms with E-state index in [1.165, 1.54) is 18.2 Å². The molecule has 0 fully saturated rings. The van der Waals surface area contributed by atoms with E-state index in [0.29, 0.717) is 5.56 Å². The van der Waals surface area contributed by atoms with Gasteiger partial charge in [0.1, 0.15) is 18.1 Å². The fraction of sp³-hybridized carbons (Fsp3) is 0.318. The Labute approximate surface area is 155 Å². The van der Waals surface area contributed by atoms with Gasteiger partial charge in [-0.2, -0.15) is 0 Å². The molecule has 2 N–H and O–H groups in total.